The Kier molecular flexibility index (Phi) is 5.73. The molecule has 0 spiro atoms. The van der Waals surface area contributed by atoms with E-state index in [2.05, 4.69) is 10.6 Å². The molecule has 0 bridgehead atoms. The Morgan fingerprint density at radius 2 is 1.60 bits per heavy atom. The molecule has 2 N–H and O–H groups in total. The molecule has 0 aliphatic carbocycles. The molecule has 25 heavy (non-hydrogen) atoms. The molecule has 3 nitrogen and oxygen atoms in total. The molecule has 0 aliphatic heterocycles. The van der Waals surface area contributed by atoms with Crippen LogP contribution in [0.1, 0.15) is 25.5 Å². The molecule has 0 aliphatic rings. The second-order valence-corrected chi connectivity index (χ2v) is 5.49. The summed E-state index contributed by atoms with van der Waals surface area (Å²) < 4.78 is 66.3. The monoisotopic (exact) mass is 358 g/mol. The van der Waals surface area contributed by atoms with Crippen LogP contribution in [0.2, 0.25) is 0 Å². The molecule has 2 atom stereocenters. The van der Waals surface area contributed by atoms with Gasteiger partial charge >= 0.3 is 0 Å². The molecule has 8 heteroatoms. The molecule has 1 amide bonds. The van der Waals surface area contributed by atoms with Crippen molar-refractivity contribution in [3.05, 3.63) is 65.0 Å². The van der Waals surface area contributed by atoms with Crippen molar-refractivity contribution in [3.8, 4) is 0 Å². The highest BCUT2D eigenvalue weighted by atomic mass is 19.2. The quantitative estimate of drug-likeness (QED) is 0.625. The fraction of sp³-hybridized carbons (Fsp3) is 0.235. The summed E-state index contributed by atoms with van der Waals surface area (Å²) >= 11 is 0. The maximum atomic E-state index is 13.7. The SMILES string of the molecule is C[C@H](N[C@@H](C)c1ccc(F)cc1F)C(=O)Nc1ccc(F)c(F)c1F. The van der Waals surface area contributed by atoms with Gasteiger partial charge in [0.15, 0.2) is 17.5 Å². The third-order valence-electron chi connectivity index (χ3n) is 3.62. The maximum absolute atomic E-state index is 13.7. The average Bonchev–Trinajstić information content (AvgIpc) is 2.55. The Bertz CT molecular complexity index is 797. The fourth-order valence-electron chi connectivity index (χ4n) is 2.26. The summed E-state index contributed by atoms with van der Waals surface area (Å²) in [6.45, 7) is 2.98. The van der Waals surface area contributed by atoms with Gasteiger partial charge in [0.05, 0.1) is 11.7 Å². The second kappa shape index (κ2) is 7.60. The van der Waals surface area contributed by atoms with Gasteiger partial charge < -0.3 is 5.32 Å². The first-order valence-electron chi connectivity index (χ1n) is 7.36. The minimum Gasteiger partial charge on any atom is -0.322 e. The molecule has 0 aromatic heterocycles. The van der Waals surface area contributed by atoms with Gasteiger partial charge in [-0.3, -0.25) is 10.1 Å². The first kappa shape index (κ1) is 18.9. The lowest BCUT2D eigenvalue weighted by Crippen LogP contribution is -2.39. The summed E-state index contributed by atoms with van der Waals surface area (Å²) in [5.74, 6) is -6.83. The van der Waals surface area contributed by atoms with Gasteiger partial charge in [0.25, 0.3) is 0 Å². The van der Waals surface area contributed by atoms with Crippen LogP contribution in [-0.4, -0.2) is 11.9 Å². The molecule has 2 aromatic rings. The third kappa shape index (κ3) is 4.33. The molecular formula is C17H15F5N2O. The molecule has 134 valence electrons. The van der Waals surface area contributed by atoms with Crippen LogP contribution < -0.4 is 10.6 Å². The first-order valence-corrected chi connectivity index (χ1v) is 7.36. The highest BCUT2D eigenvalue weighted by Crippen LogP contribution is 2.21. The van der Waals surface area contributed by atoms with Crippen LogP contribution in [0.3, 0.4) is 0 Å². The zero-order valence-electron chi connectivity index (χ0n) is 13.3. The number of halogens is 5. The van der Waals surface area contributed by atoms with Gasteiger partial charge in [0.2, 0.25) is 5.91 Å². The summed E-state index contributed by atoms with van der Waals surface area (Å²) in [5, 5.41) is 4.88. The number of hydrogen-bond acceptors (Lipinski definition) is 2. The lowest BCUT2D eigenvalue weighted by molar-refractivity contribution is -0.118. The van der Waals surface area contributed by atoms with Crippen molar-refractivity contribution in [2.24, 2.45) is 0 Å². The molecule has 0 saturated carbocycles. The highest BCUT2D eigenvalue weighted by molar-refractivity contribution is 5.94. The second-order valence-electron chi connectivity index (χ2n) is 5.49. The normalized spacial score (nSPS) is 13.4. The van der Waals surface area contributed by atoms with E-state index in [0.717, 1.165) is 18.2 Å². The molecule has 0 radical (unpaired) electrons. The van der Waals surface area contributed by atoms with Crippen molar-refractivity contribution >= 4 is 11.6 Å². The predicted octanol–water partition coefficient (Wildman–Crippen LogP) is 4.06. The number of carbonyl (C=O) groups is 1. The lowest BCUT2D eigenvalue weighted by Gasteiger charge is -2.20. The molecule has 0 heterocycles. The van der Waals surface area contributed by atoms with Crippen LogP contribution in [0.15, 0.2) is 30.3 Å². The highest BCUT2D eigenvalue weighted by Gasteiger charge is 2.21. The van der Waals surface area contributed by atoms with Gasteiger partial charge in [-0.05, 0) is 32.0 Å². The molecule has 2 rings (SSSR count). The Hall–Kier alpha value is -2.48. The molecule has 2 aromatic carbocycles. The van der Waals surface area contributed by atoms with Crippen molar-refractivity contribution in [1.29, 1.82) is 0 Å². The zero-order valence-corrected chi connectivity index (χ0v) is 13.3. The van der Waals surface area contributed by atoms with Gasteiger partial charge in [0.1, 0.15) is 11.6 Å². The standard InChI is InChI=1S/C17H15F5N2O/c1-8(11-4-3-10(18)7-13(11)20)23-9(2)17(25)24-14-6-5-12(19)15(21)16(14)22/h3-9,23H,1-2H3,(H,24,25)/t8-,9-/m0/s1. The third-order valence-corrected chi connectivity index (χ3v) is 3.62. The Labute approximate surface area is 140 Å². The van der Waals surface area contributed by atoms with Crippen LogP contribution in [0.25, 0.3) is 0 Å². The van der Waals surface area contributed by atoms with Crippen LogP contribution in [-0.2, 0) is 4.79 Å². The summed E-state index contributed by atoms with van der Waals surface area (Å²) in [6.07, 6.45) is 0. The van der Waals surface area contributed by atoms with Crippen LogP contribution in [0.5, 0.6) is 0 Å². The molecular weight excluding hydrogens is 343 g/mol. The summed E-state index contributed by atoms with van der Waals surface area (Å²) in [7, 11) is 0. The van der Waals surface area contributed by atoms with Gasteiger partial charge in [0, 0.05) is 17.7 Å². The van der Waals surface area contributed by atoms with E-state index in [4.69, 9.17) is 0 Å². The number of hydrogen-bond donors (Lipinski definition) is 2. The van der Waals surface area contributed by atoms with Crippen LogP contribution in [0, 0.1) is 29.1 Å². The lowest BCUT2D eigenvalue weighted by atomic mass is 10.1. The van der Waals surface area contributed by atoms with Gasteiger partial charge in [-0.2, -0.15) is 0 Å². The summed E-state index contributed by atoms with van der Waals surface area (Å²) in [5.41, 5.74) is -0.377. The summed E-state index contributed by atoms with van der Waals surface area (Å²) in [6, 6.07) is 3.03. The topological polar surface area (TPSA) is 41.1 Å². The molecule has 0 saturated heterocycles. The van der Waals surface area contributed by atoms with E-state index in [0.29, 0.717) is 6.07 Å². The minimum absolute atomic E-state index is 0.139. The van der Waals surface area contributed by atoms with E-state index in [1.165, 1.54) is 13.0 Å². The number of nitrogens with one attached hydrogen (secondary N) is 2. The Balaban J connectivity index is 2.06. The molecule has 0 unspecified atom stereocenters. The van der Waals surface area contributed by atoms with E-state index in [9.17, 15) is 26.7 Å². The minimum atomic E-state index is -1.69. The van der Waals surface area contributed by atoms with Gasteiger partial charge in [-0.15, -0.1) is 0 Å². The number of amides is 1. The predicted molar refractivity (Wildman–Crippen MR) is 82.3 cm³/mol. The maximum Gasteiger partial charge on any atom is 0.241 e. The smallest absolute Gasteiger partial charge is 0.241 e. The van der Waals surface area contributed by atoms with Gasteiger partial charge in [-0.1, -0.05) is 6.07 Å². The van der Waals surface area contributed by atoms with Crippen molar-refractivity contribution in [2.75, 3.05) is 5.32 Å². The number of benzene rings is 2. The van der Waals surface area contributed by atoms with E-state index in [-0.39, 0.29) is 5.56 Å². The van der Waals surface area contributed by atoms with Crippen molar-refractivity contribution in [3.63, 3.8) is 0 Å². The van der Waals surface area contributed by atoms with E-state index < -0.39 is 52.8 Å². The number of rotatable bonds is 5. The summed E-state index contributed by atoms with van der Waals surface area (Å²) in [4.78, 5) is 12.1. The van der Waals surface area contributed by atoms with Crippen LogP contribution >= 0.6 is 0 Å². The number of anilines is 1. The Morgan fingerprint density at radius 3 is 2.24 bits per heavy atom. The first-order chi connectivity index (χ1) is 11.7. The van der Waals surface area contributed by atoms with E-state index in [1.54, 1.807) is 6.92 Å². The van der Waals surface area contributed by atoms with Crippen molar-refractivity contribution < 1.29 is 26.7 Å². The fourth-order valence-corrected chi connectivity index (χ4v) is 2.26. The van der Waals surface area contributed by atoms with E-state index in [1.807, 2.05) is 0 Å². The van der Waals surface area contributed by atoms with Crippen molar-refractivity contribution in [2.45, 2.75) is 25.9 Å². The molecule has 0 fully saturated rings. The Morgan fingerprint density at radius 1 is 0.920 bits per heavy atom. The zero-order chi connectivity index (χ0) is 18.7. The largest absolute Gasteiger partial charge is 0.322 e. The van der Waals surface area contributed by atoms with Crippen molar-refractivity contribution in [1.82, 2.24) is 5.32 Å². The number of carbonyl (C=O) groups excluding carboxylic acids is 1. The average molecular weight is 358 g/mol. The van der Waals surface area contributed by atoms with Crippen LogP contribution in [0.4, 0.5) is 27.6 Å². The van der Waals surface area contributed by atoms with Gasteiger partial charge in [-0.25, -0.2) is 22.0 Å². The van der Waals surface area contributed by atoms with E-state index >= 15 is 0 Å².